The second-order valence-electron chi connectivity index (χ2n) is 3.22. The molecule has 1 heterocycles. The van der Waals surface area contributed by atoms with E-state index in [2.05, 4.69) is 4.99 Å². The van der Waals surface area contributed by atoms with E-state index in [1.165, 1.54) is 0 Å². The van der Waals surface area contributed by atoms with Crippen LogP contribution in [0.5, 0.6) is 0 Å². The van der Waals surface area contributed by atoms with Gasteiger partial charge in [-0.2, -0.15) is 0 Å². The summed E-state index contributed by atoms with van der Waals surface area (Å²) in [4.78, 5) is 15.2. The fourth-order valence-electron chi connectivity index (χ4n) is 1.28. The molecule has 82 valence electrons. The Balaban J connectivity index is 2.36. The van der Waals surface area contributed by atoms with Crippen LogP contribution < -0.4 is 0 Å². The van der Waals surface area contributed by atoms with Crippen molar-refractivity contribution < 1.29 is 9.53 Å². The summed E-state index contributed by atoms with van der Waals surface area (Å²) in [5.41, 5.74) is 1.01. The first-order valence-corrected chi connectivity index (χ1v) is 5.26. The number of hydrogen-bond donors (Lipinski definition) is 0. The van der Waals surface area contributed by atoms with Crippen molar-refractivity contribution >= 4 is 41.1 Å². The van der Waals surface area contributed by atoms with E-state index < -0.39 is 5.97 Å². The van der Waals surface area contributed by atoms with Gasteiger partial charge >= 0.3 is 5.97 Å². The maximum Gasteiger partial charge on any atom is 0.363 e. The molecule has 0 fully saturated rings. The summed E-state index contributed by atoms with van der Waals surface area (Å²) in [5.74, 6) is -0.111. The molecule has 16 heavy (non-hydrogen) atoms. The lowest BCUT2D eigenvalue weighted by atomic mass is 10.2. The SMILES string of the molecule is CC1=N/C(=C\c2ccc(Cl)c(Cl)c2)C(=O)O1. The molecular weight excluding hydrogens is 249 g/mol. The molecule has 0 N–H and O–H groups in total. The third-order valence-corrected chi connectivity index (χ3v) is 2.71. The number of esters is 1. The highest BCUT2D eigenvalue weighted by Gasteiger charge is 2.19. The lowest BCUT2D eigenvalue weighted by Crippen LogP contribution is -1.99. The van der Waals surface area contributed by atoms with Crippen LogP contribution in [0.1, 0.15) is 12.5 Å². The first-order valence-electron chi connectivity index (χ1n) is 4.50. The van der Waals surface area contributed by atoms with Gasteiger partial charge in [0.25, 0.3) is 0 Å². The zero-order valence-corrected chi connectivity index (χ0v) is 9.84. The molecule has 0 spiro atoms. The molecule has 0 bridgehead atoms. The highest BCUT2D eigenvalue weighted by atomic mass is 35.5. The van der Waals surface area contributed by atoms with E-state index >= 15 is 0 Å². The number of aliphatic imine (C=N–C) groups is 1. The molecule has 0 aliphatic carbocycles. The Bertz CT molecular complexity index is 521. The largest absolute Gasteiger partial charge is 0.407 e. The van der Waals surface area contributed by atoms with Gasteiger partial charge in [-0.3, -0.25) is 0 Å². The third-order valence-electron chi connectivity index (χ3n) is 1.97. The minimum absolute atomic E-state index is 0.260. The zero-order valence-electron chi connectivity index (χ0n) is 8.33. The normalized spacial score (nSPS) is 17.6. The summed E-state index contributed by atoms with van der Waals surface area (Å²) in [5, 5.41) is 0.903. The van der Waals surface area contributed by atoms with Crippen LogP contribution in [0.4, 0.5) is 0 Å². The van der Waals surface area contributed by atoms with Gasteiger partial charge in [-0.25, -0.2) is 9.79 Å². The first-order chi connectivity index (χ1) is 7.56. The van der Waals surface area contributed by atoms with Crippen molar-refractivity contribution in [3.8, 4) is 0 Å². The van der Waals surface area contributed by atoms with E-state index in [1.54, 1.807) is 31.2 Å². The number of nitrogens with zero attached hydrogens (tertiary/aromatic N) is 1. The van der Waals surface area contributed by atoms with Crippen LogP contribution in [0.15, 0.2) is 28.9 Å². The minimum Gasteiger partial charge on any atom is -0.407 e. The van der Waals surface area contributed by atoms with Crippen molar-refractivity contribution in [3.63, 3.8) is 0 Å². The molecule has 1 aromatic carbocycles. The maximum atomic E-state index is 11.3. The second kappa shape index (κ2) is 4.28. The van der Waals surface area contributed by atoms with Crippen LogP contribution in [0.2, 0.25) is 10.0 Å². The predicted octanol–water partition coefficient (Wildman–Crippen LogP) is 3.31. The molecule has 1 aromatic rings. The molecule has 0 radical (unpaired) electrons. The van der Waals surface area contributed by atoms with Gasteiger partial charge in [-0.1, -0.05) is 29.3 Å². The van der Waals surface area contributed by atoms with E-state index in [0.29, 0.717) is 15.9 Å². The van der Waals surface area contributed by atoms with Gasteiger partial charge in [0.15, 0.2) is 11.6 Å². The molecule has 0 atom stereocenters. The first kappa shape index (κ1) is 11.2. The Kier molecular flexibility index (Phi) is 2.99. The highest BCUT2D eigenvalue weighted by Crippen LogP contribution is 2.24. The van der Waals surface area contributed by atoms with Crippen molar-refractivity contribution in [1.82, 2.24) is 0 Å². The Morgan fingerprint density at radius 3 is 2.62 bits per heavy atom. The monoisotopic (exact) mass is 255 g/mol. The summed E-state index contributed by atoms with van der Waals surface area (Å²) in [6, 6.07) is 5.07. The van der Waals surface area contributed by atoms with Crippen LogP contribution in [-0.4, -0.2) is 11.9 Å². The van der Waals surface area contributed by atoms with Crippen LogP contribution in [0, 0.1) is 0 Å². The van der Waals surface area contributed by atoms with Gasteiger partial charge in [0, 0.05) is 6.92 Å². The topological polar surface area (TPSA) is 38.7 Å². The number of hydrogen-bond acceptors (Lipinski definition) is 3. The Hall–Kier alpha value is -1.32. The smallest absolute Gasteiger partial charge is 0.363 e. The average Bonchev–Trinajstić information content (AvgIpc) is 2.51. The quantitative estimate of drug-likeness (QED) is 0.571. The van der Waals surface area contributed by atoms with Crippen molar-refractivity contribution in [2.45, 2.75) is 6.92 Å². The molecule has 0 saturated heterocycles. The molecule has 0 amide bonds. The summed E-state index contributed by atoms with van der Waals surface area (Å²) >= 11 is 11.6. The van der Waals surface area contributed by atoms with Crippen molar-refractivity contribution in [1.29, 1.82) is 0 Å². The number of cyclic esters (lactones) is 1. The molecule has 3 nitrogen and oxygen atoms in total. The molecule has 5 heteroatoms. The Morgan fingerprint density at radius 1 is 1.31 bits per heavy atom. The van der Waals surface area contributed by atoms with Gasteiger partial charge < -0.3 is 4.74 Å². The lowest BCUT2D eigenvalue weighted by Gasteiger charge is -1.97. The zero-order chi connectivity index (χ0) is 11.7. The van der Waals surface area contributed by atoms with E-state index in [9.17, 15) is 4.79 Å². The maximum absolute atomic E-state index is 11.3. The molecule has 1 aliphatic heterocycles. The summed E-state index contributed by atoms with van der Waals surface area (Å²) in [6.45, 7) is 1.62. The Morgan fingerprint density at radius 2 is 2.06 bits per heavy atom. The lowest BCUT2D eigenvalue weighted by molar-refractivity contribution is -0.130. The van der Waals surface area contributed by atoms with Crippen LogP contribution in [0.25, 0.3) is 6.08 Å². The summed E-state index contributed by atoms with van der Waals surface area (Å²) in [6.07, 6.45) is 1.60. The van der Waals surface area contributed by atoms with Crippen molar-refractivity contribution in [2.75, 3.05) is 0 Å². The van der Waals surface area contributed by atoms with Gasteiger partial charge in [0.1, 0.15) is 0 Å². The minimum atomic E-state index is -0.455. The van der Waals surface area contributed by atoms with E-state index in [4.69, 9.17) is 27.9 Å². The number of carbonyl (C=O) groups excluding carboxylic acids is 1. The fraction of sp³-hybridized carbons (Fsp3) is 0.0909. The van der Waals surface area contributed by atoms with Gasteiger partial charge in [-0.15, -0.1) is 0 Å². The van der Waals surface area contributed by atoms with Gasteiger partial charge in [-0.05, 0) is 23.8 Å². The third kappa shape index (κ3) is 2.26. The number of benzene rings is 1. The molecular formula is C11H7Cl2NO2. The standard InChI is InChI=1S/C11H7Cl2NO2/c1-6-14-10(11(15)16-6)5-7-2-3-8(12)9(13)4-7/h2-5H,1H3/b10-5-. The van der Waals surface area contributed by atoms with E-state index in [0.717, 1.165) is 5.56 Å². The van der Waals surface area contributed by atoms with Gasteiger partial charge in [0.2, 0.25) is 0 Å². The molecule has 0 saturated carbocycles. The number of rotatable bonds is 1. The summed E-state index contributed by atoms with van der Waals surface area (Å²) < 4.78 is 4.78. The Labute approximate surface area is 102 Å². The number of ether oxygens (including phenoxy) is 1. The van der Waals surface area contributed by atoms with Crippen LogP contribution in [-0.2, 0) is 9.53 Å². The predicted molar refractivity (Wildman–Crippen MR) is 63.6 cm³/mol. The van der Waals surface area contributed by atoms with Crippen LogP contribution in [0.3, 0.4) is 0 Å². The summed E-state index contributed by atoms with van der Waals surface area (Å²) in [7, 11) is 0. The molecule has 2 rings (SSSR count). The van der Waals surface area contributed by atoms with Gasteiger partial charge in [0.05, 0.1) is 10.0 Å². The molecule has 1 aliphatic rings. The highest BCUT2D eigenvalue weighted by molar-refractivity contribution is 6.42. The van der Waals surface area contributed by atoms with E-state index in [-0.39, 0.29) is 5.70 Å². The van der Waals surface area contributed by atoms with Crippen molar-refractivity contribution in [3.05, 3.63) is 39.5 Å². The fourth-order valence-corrected chi connectivity index (χ4v) is 1.58. The van der Waals surface area contributed by atoms with Crippen molar-refractivity contribution in [2.24, 2.45) is 4.99 Å². The molecule has 0 unspecified atom stereocenters. The molecule has 0 aromatic heterocycles. The number of halogens is 2. The second-order valence-corrected chi connectivity index (χ2v) is 4.04. The van der Waals surface area contributed by atoms with Crippen LogP contribution >= 0.6 is 23.2 Å². The number of carbonyl (C=O) groups is 1. The average molecular weight is 256 g/mol. The van der Waals surface area contributed by atoms with E-state index in [1.807, 2.05) is 0 Å².